The SMILES string of the molecule is CC(O)CCc1c(-c2ccc(F)cc2F)cc(Cl)nc1Cl.O=CCCc1c(-c2ccc(F)cc2F)cc(Cl)nc1Cl.[Br-].[CH3-].[Mg+2]. The number of aldehydes is 1. The van der Waals surface area contributed by atoms with Crippen LogP contribution in [0.2, 0.25) is 20.6 Å². The van der Waals surface area contributed by atoms with Gasteiger partial charge in [0.25, 0.3) is 0 Å². The Bertz CT molecular complexity index is 1570. The number of aliphatic hydroxyl groups is 1. The summed E-state index contributed by atoms with van der Waals surface area (Å²) in [5.41, 5.74) is 2.32. The van der Waals surface area contributed by atoms with Crippen LogP contribution in [0.25, 0.3) is 22.3 Å². The number of nitrogens with zero attached hydrogens (tertiary/aromatic N) is 2. The number of rotatable bonds is 8. The Morgan fingerprint density at radius 3 is 1.52 bits per heavy atom. The number of pyridine rings is 2. The summed E-state index contributed by atoms with van der Waals surface area (Å²) in [7, 11) is 0. The maximum absolute atomic E-state index is 14.0. The molecule has 0 aliphatic rings. The second-order valence-corrected chi connectivity index (χ2v) is 10.4. The van der Waals surface area contributed by atoms with E-state index < -0.39 is 29.4 Å². The van der Waals surface area contributed by atoms with Crippen LogP contribution in [0.15, 0.2) is 48.5 Å². The van der Waals surface area contributed by atoms with E-state index in [9.17, 15) is 27.5 Å². The Morgan fingerprint density at radius 1 is 0.750 bits per heavy atom. The summed E-state index contributed by atoms with van der Waals surface area (Å²) < 4.78 is 53.9. The fourth-order valence-electron chi connectivity index (χ4n) is 3.95. The predicted molar refractivity (Wildman–Crippen MR) is 166 cm³/mol. The molecule has 0 aliphatic heterocycles. The quantitative estimate of drug-likeness (QED) is 0.0765. The minimum Gasteiger partial charge on any atom is -1.00 e. The number of aromatic nitrogens is 2. The van der Waals surface area contributed by atoms with Gasteiger partial charge in [-0.1, -0.05) is 46.4 Å². The smallest absolute Gasteiger partial charge is 1.00 e. The van der Waals surface area contributed by atoms with E-state index in [1.165, 1.54) is 30.3 Å². The van der Waals surface area contributed by atoms with E-state index in [1.54, 1.807) is 6.92 Å². The van der Waals surface area contributed by atoms with Gasteiger partial charge in [0, 0.05) is 29.7 Å². The molecule has 0 aliphatic carbocycles. The van der Waals surface area contributed by atoms with Crippen molar-refractivity contribution in [2.24, 2.45) is 0 Å². The van der Waals surface area contributed by atoms with E-state index in [0.29, 0.717) is 41.5 Å². The van der Waals surface area contributed by atoms with Gasteiger partial charge < -0.3 is 34.3 Å². The Balaban J connectivity index is 0.000000788. The minimum absolute atomic E-state index is 0. The topological polar surface area (TPSA) is 63.1 Å². The van der Waals surface area contributed by atoms with Crippen molar-refractivity contribution in [3.05, 3.63) is 111 Å². The largest absolute Gasteiger partial charge is 2.00 e. The van der Waals surface area contributed by atoms with Crippen LogP contribution < -0.4 is 17.0 Å². The molecular formula is C30H25BrCl4F4MgN2O2. The van der Waals surface area contributed by atoms with E-state index in [2.05, 4.69) is 9.97 Å². The number of carbonyl (C=O) groups excluding carboxylic acids is 1. The molecule has 232 valence electrons. The zero-order chi connectivity index (χ0) is 30.3. The van der Waals surface area contributed by atoms with E-state index in [0.717, 1.165) is 24.5 Å². The minimum atomic E-state index is -0.726. The molecule has 1 atom stereocenters. The summed E-state index contributed by atoms with van der Waals surface area (Å²) >= 11 is 23.8. The summed E-state index contributed by atoms with van der Waals surface area (Å²) in [5, 5.41) is 9.89. The van der Waals surface area contributed by atoms with Crippen molar-refractivity contribution >= 4 is 75.7 Å². The van der Waals surface area contributed by atoms with Crippen LogP contribution in [-0.2, 0) is 17.6 Å². The van der Waals surface area contributed by atoms with Crippen LogP contribution in [-0.4, -0.2) is 50.5 Å². The summed E-state index contributed by atoms with van der Waals surface area (Å²) in [6.45, 7) is 1.65. The van der Waals surface area contributed by atoms with Gasteiger partial charge in [-0.3, -0.25) is 0 Å². The second-order valence-electron chi connectivity index (χ2n) is 8.87. The molecule has 0 amide bonds. The van der Waals surface area contributed by atoms with Gasteiger partial charge >= 0.3 is 23.1 Å². The first-order valence-corrected chi connectivity index (χ1v) is 13.6. The molecular weight excluding hydrogens is 742 g/mol. The van der Waals surface area contributed by atoms with Crippen molar-refractivity contribution in [2.75, 3.05) is 0 Å². The number of hydrogen-bond donors (Lipinski definition) is 1. The van der Waals surface area contributed by atoms with E-state index in [1.807, 2.05) is 0 Å². The first-order valence-electron chi connectivity index (χ1n) is 12.1. The van der Waals surface area contributed by atoms with Crippen molar-refractivity contribution in [1.29, 1.82) is 0 Å². The molecule has 44 heavy (non-hydrogen) atoms. The van der Waals surface area contributed by atoms with Crippen LogP contribution in [0.3, 0.4) is 0 Å². The van der Waals surface area contributed by atoms with Crippen LogP contribution in [0.5, 0.6) is 0 Å². The molecule has 0 spiro atoms. The van der Waals surface area contributed by atoms with Crippen LogP contribution in [0, 0.1) is 30.7 Å². The van der Waals surface area contributed by atoms with Crippen molar-refractivity contribution in [2.45, 2.75) is 38.7 Å². The fourth-order valence-corrected chi connectivity index (χ4v) is 5.00. The van der Waals surface area contributed by atoms with Gasteiger partial charge in [0.15, 0.2) is 0 Å². The average molecular weight is 768 g/mol. The van der Waals surface area contributed by atoms with Gasteiger partial charge in [0.2, 0.25) is 0 Å². The zero-order valence-electron chi connectivity index (χ0n) is 23.5. The third-order valence-corrected chi connectivity index (χ3v) is 6.86. The molecule has 2 heterocycles. The number of hydrogen-bond acceptors (Lipinski definition) is 4. The summed E-state index contributed by atoms with van der Waals surface area (Å²) in [4.78, 5) is 18.3. The molecule has 4 nitrogen and oxygen atoms in total. The van der Waals surface area contributed by atoms with Crippen molar-refractivity contribution in [3.63, 3.8) is 0 Å². The van der Waals surface area contributed by atoms with Gasteiger partial charge in [0.1, 0.15) is 50.2 Å². The second kappa shape index (κ2) is 19.9. The summed E-state index contributed by atoms with van der Waals surface area (Å²) in [6, 6.07) is 9.46. The van der Waals surface area contributed by atoms with Crippen molar-refractivity contribution in [3.8, 4) is 22.3 Å². The number of halogens is 9. The first-order chi connectivity index (χ1) is 19.4. The number of benzene rings is 2. The molecule has 14 heteroatoms. The van der Waals surface area contributed by atoms with E-state index in [-0.39, 0.29) is 85.6 Å². The first kappa shape index (κ1) is 42.5. The van der Waals surface area contributed by atoms with Gasteiger partial charge in [-0.15, -0.1) is 0 Å². The molecule has 2 aromatic carbocycles. The van der Waals surface area contributed by atoms with Crippen molar-refractivity contribution in [1.82, 2.24) is 9.97 Å². The standard InChI is InChI=1S/C15H13Cl2F2NO.C14H9Cl2F2NO.CH3.BrH.Mg/c1-8(21)2-4-11-12(7-14(16)20-15(11)17)10-5-3-9(18)6-13(10)19;15-13-7-11(9-4-3-8(17)6-12(9)18)10(2-1-5-20)14(16)19-13;;;/h3,5-8,21H,2,4H2,1H3;3-7H,1-2H2;1H3;1H;/q;;-1;;+2/p-1. The average Bonchev–Trinajstić information content (AvgIpc) is 2.87. The Morgan fingerprint density at radius 2 is 1.16 bits per heavy atom. The molecule has 1 unspecified atom stereocenters. The number of aliphatic hydroxyl groups excluding tert-OH is 1. The third kappa shape index (κ3) is 11.7. The maximum Gasteiger partial charge on any atom is 2.00 e. The normalized spacial score (nSPS) is 10.8. The third-order valence-electron chi connectivity index (χ3n) is 5.85. The number of carbonyl (C=O) groups is 1. The fraction of sp³-hybridized carbons (Fsp3) is 0.200. The molecule has 2 aromatic heterocycles. The van der Waals surface area contributed by atoms with Crippen LogP contribution in [0.4, 0.5) is 17.6 Å². The Labute approximate surface area is 300 Å². The van der Waals surface area contributed by atoms with Crippen molar-refractivity contribution < 1.29 is 44.4 Å². The van der Waals surface area contributed by atoms with Gasteiger partial charge in [0.05, 0.1) is 6.10 Å². The zero-order valence-corrected chi connectivity index (χ0v) is 29.5. The predicted octanol–water partition coefficient (Wildman–Crippen LogP) is 6.19. The molecule has 0 radical (unpaired) electrons. The monoisotopic (exact) mass is 764 g/mol. The molecule has 0 fully saturated rings. The molecule has 0 saturated heterocycles. The summed E-state index contributed by atoms with van der Waals surface area (Å²) in [5.74, 6) is -2.76. The van der Waals surface area contributed by atoms with E-state index >= 15 is 0 Å². The van der Waals surface area contributed by atoms with E-state index in [4.69, 9.17) is 46.4 Å². The summed E-state index contributed by atoms with van der Waals surface area (Å²) in [6.07, 6.45) is 1.58. The molecule has 0 saturated carbocycles. The maximum atomic E-state index is 14.0. The van der Waals surface area contributed by atoms with Crippen LogP contribution in [0.1, 0.15) is 30.9 Å². The Hall–Kier alpha value is -1.50. The van der Waals surface area contributed by atoms with Crippen LogP contribution >= 0.6 is 46.4 Å². The molecule has 4 rings (SSSR count). The molecule has 0 bridgehead atoms. The molecule has 4 aromatic rings. The van der Waals surface area contributed by atoms with Gasteiger partial charge in [-0.25, -0.2) is 27.5 Å². The van der Waals surface area contributed by atoms with Gasteiger partial charge in [-0.05, 0) is 84.8 Å². The molecule has 1 N–H and O–H groups in total. The van der Waals surface area contributed by atoms with Gasteiger partial charge in [-0.2, -0.15) is 0 Å². The Kier molecular flexibility index (Phi) is 19.2.